The quantitative estimate of drug-likeness (QED) is 0.510. The van der Waals surface area contributed by atoms with E-state index in [2.05, 4.69) is 19.2 Å². The smallest absolute Gasteiger partial charge is 0.307 e. The van der Waals surface area contributed by atoms with Gasteiger partial charge in [0.2, 0.25) is 0 Å². The average Bonchev–Trinajstić information content (AvgIpc) is 2.18. The summed E-state index contributed by atoms with van der Waals surface area (Å²) in [5.41, 5.74) is -0.387. The minimum atomic E-state index is -0.387. The van der Waals surface area contributed by atoms with Crippen molar-refractivity contribution in [3.05, 3.63) is 0 Å². The van der Waals surface area contributed by atoms with Crippen molar-refractivity contribution in [3.8, 4) is 0 Å². The molecule has 0 bridgehead atoms. The maximum Gasteiger partial charge on any atom is 0.307 e. The first-order valence-corrected chi connectivity index (χ1v) is 6.81. The fourth-order valence-electron chi connectivity index (χ4n) is 1.33. The molecule has 0 saturated carbocycles. The van der Waals surface area contributed by atoms with Gasteiger partial charge in [-0.25, -0.2) is 0 Å². The highest BCUT2D eigenvalue weighted by Gasteiger charge is 2.15. The van der Waals surface area contributed by atoms with Crippen LogP contribution in [0.2, 0.25) is 0 Å². The summed E-state index contributed by atoms with van der Waals surface area (Å²) in [7, 11) is 0. The van der Waals surface area contributed by atoms with E-state index < -0.39 is 0 Å². The zero-order valence-corrected chi connectivity index (χ0v) is 12.5. The highest BCUT2D eigenvalue weighted by Crippen LogP contribution is 2.07. The van der Waals surface area contributed by atoms with E-state index in [0.717, 1.165) is 26.2 Å². The molecular weight excluding hydrogens is 230 g/mol. The number of carbonyl (C=O) groups is 1. The molecule has 0 aliphatic heterocycles. The van der Waals surface area contributed by atoms with Crippen LogP contribution in [-0.2, 0) is 14.3 Å². The first-order valence-electron chi connectivity index (χ1n) is 6.81. The molecule has 0 spiro atoms. The van der Waals surface area contributed by atoms with Gasteiger partial charge in [-0.2, -0.15) is 0 Å². The number of esters is 1. The summed E-state index contributed by atoms with van der Waals surface area (Å²) in [4.78, 5) is 11.4. The zero-order valence-electron chi connectivity index (χ0n) is 12.5. The normalized spacial score (nSPS) is 11.9. The molecule has 0 aromatic carbocycles. The predicted octanol–water partition coefficient (Wildman–Crippen LogP) is 2.37. The number of nitrogens with one attached hydrogen (secondary N) is 1. The molecule has 0 unspecified atom stereocenters. The lowest BCUT2D eigenvalue weighted by Gasteiger charge is -2.19. The Hall–Kier alpha value is -0.610. The third-order valence-corrected chi connectivity index (χ3v) is 2.02. The van der Waals surface area contributed by atoms with Crippen LogP contribution in [0.15, 0.2) is 0 Å². The number of hydrogen-bond acceptors (Lipinski definition) is 4. The van der Waals surface area contributed by atoms with Gasteiger partial charge in [0.25, 0.3) is 0 Å². The van der Waals surface area contributed by atoms with Gasteiger partial charge >= 0.3 is 5.97 Å². The second kappa shape index (κ2) is 9.34. The van der Waals surface area contributed by atoms with Gasteiger partial charge < -0.3 is 14.8 Å². The SMILES string of the molecule is CC(C)COCCCNCCC(=O)OC(C)(C)C. The molecule has 0 aliphatic rings. The summed E-state index contributed by atoms with van der Waals surface area (Å²) >= 11 is 0. The Morgan fingerprint density at radius 3 is 2.44 bits per heavy atom. The number of ether oxygens (including phenoxy) is 2. The number of hydrogen-bond donors (Lipinski definition) is 1. The molecule has 4 heteroatoms. The molecule has 108 valence electrons. The van der Waals surface area contributed by atoms with E-state index >= 15 is 0 Å². The first-order chi connectivity index (χ1) is 8.31. The van der Waals surface area contributed by atoms with Crippen LogP contribution in [0.1, 0.15) is 47.5 Å². The fraction of sp³-hybridized carbons (Fsp3) is 0.929. The molecule has 0 rings (SSSR count). The van der Waals surface area contributed by atoms with Crippen LogP contribution >= 0.6 is 0 Å². The molecular formula is C14H29NO3. The molecule has 18 heavy (non-hydrogen) atoms. The molecule has 0 aliphatic carbocycles. The number of carbonyl (C=O) groups excluding carboxylic acids is 1. The van der Waals surface area contributed by atoms with Crippen molar-refractivity contribution in [2.75, 3.05) is 26.3 Å². The predicted molar refractivity (Wildman–Crippen MR) is 73.6 cm³/mol. The van der Waals surface area contributed by atoms with Crippen molar-refractivity contribution in [1.82, 2.24) is 5.32 Å². The maximum absolute atomic E-state index is 11.4. The van der Waals surface area contributed by atoms with Crippen molar-refractivity contribution in [2.45, 2.75) is 53.1 Å². The molecule has 0 aromatic rings. The Morgan fingerprint density at radius 2 is 1.89 bits per heavy atom. The van der Waals surface area contributed by atoms with Crippen LogP contribution in [0.3, 0.4) is 0 Å². The highest BCUT2D eigenvalue weighted by molar-refractivity contribution is 5.70. The van der Waals surface area contributed by atoms with Gasteiger partial charge in [-0.05, 0) is 39.7 Å². The van der Waals surface area contributed by atoms with Crippen molar-refractivity contribution in [1.29, 1.82) is 0 Å². The van der Waals surface area contributed by atoms with E-state index in [1.54, 1.807) is 0 Å². The van der Waals surface area contributed by atoms with E-state index in [1.165, 1.54) is 0 Å². The molecule has 0 saturated heterocycles. The van der Waals surface area contributed by atoms with Gasteiger partial charge in [0.1, 0.15) is 5.60 Å². The molecule has 0 amide bonds. The van der Waals surface area contributed by atoms with E-state index in [9.17, 15) is 4.79 Å². The molecule has 4 nitrogen and oxygen atoms in total. The Bertz CT molecular complexity index is 222. The second-order valence-corrected chi connectivity index (χ2v) is 5.91. The van der Waals surface area contributed by atoms with E-state index in [4.69, 9.17) is 9.47 Å². The monoisotopic (exact) mass is 259 g/mol. The molecule has 0 heterocycles. The van der Waals surface area contributed by atoms with E-state index in [0.29, 0.717) is 18.9 Å². The van der Waals surface area contributed by atoms with Crippen LogP contribution in [0.4, 0.5) is 0 Å². The zero-order chi connectivity index (χ0) is 14.0. The van der Waals surface area contributed by atoms with Crippen LogP contribution in [0.25, 0.3) is 0 Å². The standard InChI is InChI=1S/C14H29NO3/c1-12(2)11-17-10-6-8-15-9-7-13(16)18-14(3,4)5/h12,15H,6-11H2,1-5H3. The van der Waals surface area contributed by atoms with Crippen LogP contribution in [0, 0.1) is 5.92 Å². The van der Waals surface area contributed by atoms with E-state index in [1.807, 2.05) is 20.8 Å². The minimum absolute atomic E-state index is 0.147. The summed E-state index contributed by atoms with van der Waals surface area (Å²) in [6, 6.07) is 0. The van der Waals surface area contributed by atoms with Crippen molar-refractivity contribution in [2.24, 2.45) is 5.92 Å². The third kappa shape index (κ3) is 13.5. The Labute approximate surface area is 111 Å². The first kappa shape index (κ1) is 17.4. The largest absolute Gasteiger partial charge is 0.460 e. The summed E-state index contributed by atoms with van der Waals surface area (Å²) in [5.74, 6) is 0.441. The van der Waals surface area contributed by atoms with Gasteiger partial charge in [0.15, 0.2) is 0 Å². The molecule has 1 N–H and O–H groups in total. The lowest BCUT2D eigenvalue weighted by Crippen LogP contribution is -2.27. The van der Waals surface area contributed by atoms with Crippen LogP contribution < -0.4 is 5.32 Å². The molecule has 0 fully saturated rings. The lowest BCUT2D eigenvalue weighted by molar-refractivity contribution is -0.154. The van der Waals surface area contributed by atoms with Gasteiger partial charge in [0.05, 0.1) is 6.42 Å². The molecule has 0 radical (unpaired) electrons. The minimum Gasteiger partial charge on any atom is -0.460 e. The number of rotatable bonds is 9. The fourth-order valence-corrected chi connectivity index (χ4v) is 1.33. The van der Waals surface area contributed by atoms with Crippen LogP contribution in [-0.4, -0.2) is 37.9 Å². The van der Waals surface area contributed by atoms with Crippen molar-refractivity contribution >= 4 is 5.97 Å². The van der Waals surface area contributed by atoms with Gasteiger partial charge in [0, 0.05) is 19.8 Å². The molecule has 0 aromatic heterocycles. The third-order valence-electron chi connectivity index (χ3n) is 2.02. The van der Waals surface area contributed by atoms with Crippen molar-refractivity contribution in [3.63, 3.8) is 0 Å². The summed E-state index contributed by atoms with van der Waals surface area (Å²) < 4.78 is 10.7. The maximum atomic E-state index is 11.4. The van der Waals surface area contributed by atoms with E-state index in [-0.39, 0.29) is 11.6 Å². The summed E-state index contributed by atoms with van der Waals surface area (Å²) in [6.07, 6.45) is 1.39. The summed E-state index contributed by atoms with van der Waals surface area (Å²) in [6.45, 7) is 13.0. The second-order valence-electron chi connectivity index (χ2n) is 5.91. The summed E-state index contributed by atoms with van der Waals surface area (Å²) in [5, 5.41) is 3.21. The highest BCUT2D eigenvalue weighted by atomic mass is 16.6. The van der Waals surface area contributed by atoms with Crippen molar-refractivity contribution < 1.29 is 14.3 Å². The van der Waals surface area contributed by atoms with Gasteiger partial charge in [-0.15, -0.1) is 0 Å². The lowest BCUT2D eigenvalue weighted by atomic mass is 10.2. The van der Waals surface area contributed by atoms with Gasteiger partial charge in [-0.1, -0.05) is 13.8 Å². The Morgan fingerprint density at radius 1 is 1.22 bits per heavy atom. The van der Waals surface area contributed by atoms with Gasteiger partial charge in [-0.3, -0.25) is 4.79 Å². The Kier molecular flexibility index (Phi) is 9.02. The topological polar surface area (TPSA) is 47.6 Å². The Balaban J connectivity index is 3.28. The van der Waals surface area contributed by atoms with Crippen LogP contribution in [0.5, 0.6) is 0 Å². The molecule has 0 atom stereocenters. The average molecular weight is 259 g/mol.